The van der Waals surface area contributed by atoms with Gasteiger partial charge >= 0.3 is 5.69 Å². The molecular weight excluding hydrogens is 262 g/mol. The van der Waals surface area contributed by atoms with Crippen molar-refractivity contribution < 1.29 is 9.53 Å². The number of carbonyl (C=O) groups is 1. The van der Waals surface area contributed by atoms with E-state index in [1.807, 2.05) is 0 Å². The molecule has 3 rings (SSSR count). The van der Waals surface area contributed by atoms with Gasteiger partial charge in [-0.3, -0.25) is 19.6 Å². The minimum absolute atomic E-state index is 0.152. The van der Waals surface area contributed by atoms with Gasteiger partial charge in [0.25, 0.3) is 11.5 Å². The van der Waals surface area contributed by atoms with Crippen molar-refractivity contribution >= 4 is 5.91 Å². The molecule has 1 aliphatic heterocycles. The summed E-state index contributed by atoms with van der Waals surface area (Å²) in [6.07, 6.45) is 0.293. The van der Waals surface area contributed by atoms with Crippen LogP contribution in [-0.2, 0) is 6.42 Å². The standard InChI is InChI=1S/C13H11N3O4/c1-14-10(17)6-2-3-9-7(4-6)5-8-11(18)15-13(19)16-12(8)20-9/h2-4H,5H2,1H3,(H,14,17)(H2,15,16,18,19). The van der Waals surface area contributed by atoms with Crippen LogP contribution in [0.2, 0.25) is 0 Å². The molecule has 3 N–H and O–H groups in total. The Hall–Kier alpha value is -2.83. The molecule has 1 amide bonds. The van der Waals surface area contributed by atoms with Gasteiger partial charge in [0, 0.05) is 24.6 Å². The molecule has 0 spiro atoms. The Bertz CT molecular complexity index is 819. The van der Waals surface area contributed by atoms with Gasteiger partial charge in [0.1, 0.15) is 5.75 Å². The lowest BCUT2D eigenvalue weighted by Gasteiger charge is -2.19. The fourth-order valence-electron chi connectivity index (χ4n) is 2.14. The predicted octanol–water partition coefficient (Wildman–Crippen LogP) is 0.119. The van der Waals surface area contributed by atoms with Crippen LogP contribution >= 0.6 is 0 Å². The Kier molecular flexibility index (Phi) is 2.67. The molecule has 0 saturated heterocycles. The summed E-state index contributed by atoms with van der Waals surface area (Å²) in [6, 6.07) is 4.93. The van der Waals surface area contributed by atoms with E-state index < -0.39 is 11.2 Å². The zero-order valence-electron chi connectivity index (χ0n) is 10.6. The molecule has 2 heterocycles. The second-order valence-corrected chi connectivity index (χ2v) is 4.40. The normalized spacial score (nSPS) is 12.1. The number of amides is 1. The first-order chi connectivity index (χ1) is 9.58. The maximum Gasteiger partial charge on any atom is 0.328 e. The van der Waals surface area contributed by atoms with Crippen LogP contribution in [0.4, 0.5) is 0 Å². The Balaban J connectivity index is 2.09. The van der Waals surface area contributed by atoms with Crippen molar-refractivity contribution in [3.05, 3.63) is 55.7 Å². The second kappa shape index (κ2) is 4.37. The smallest absolute Gasteiger partial charge is 0.328 e. The van der Waals surface area contributed by atoms with Crippen LogP contribution in [0.1, 0.15) is 21.5 Å². The van der Waals surface area contributed by atoms with Gasteiger partial charge in [-0.1, -0.05) is 0 Å². The largest absolute Gasteiger partial charge is 0.440 e. The molecule has 2 aromatic rings. The molecule has 20 heavy (non-hydrogen) atoms. The van der Waals surface area contributed by atoms with Gasteiger partial charge in [-0.05, 0) is 18.2 Å². The summed E-state index contributed by atoms with van der Waals surface area (Å²) in [5, 5.41) is 2.53. The van der Waals surface area contributed by atoms with Gasteiger partial charge in [0.15, 0.2) is 0 Å². The SMILES string of the molecule is CNC(=O)c1ccc2c(c1)Cc1c([nH]c(=O)[nH]c1=O)O2. The van der Waals surface area contributed by atoms with E-state index in [0.29, 0.717) is 23.3 Å². The molecule has 0 saturated carbocycles. The van der Waals surface area contributed by atoms with Gasteiger partial charge < -0.3 is 10.1 Å². The first kappa shape index (κ1) is 12.2. The zero-order chi connectivity index (χ0) is 14.3. The quantitative estimate of drug-likeness (QED) is 0.585. The first-order valence-electron chi connectivity index (χ1n) is 5.97. The lowest BCUT2D eigenvalue weighted by atomic mass is 10.0. The fraction of sp³-hybridized carbons (Fsp3) is 0.154. The zero-order valence-corrected chi connectivity index (χ0v) is 10.6. The van der Waals surface area contributed by atoms with Crippen molar-refractivity contribution in [2.45, 2.75) is 6.42 Å². The molecule has 1 aliphatic rings. The third-order valence-electron chi connectivity index (χ3n) is 3.13. The minimum Gasteiger partial charge on any atom is -0.440 e. The van der Waals surface area contributed by atoms with Crippen molar-refractivity contribution in [3.63, 3.8) is 0 Å². The van der Waals surface area contributed by atoms with Crippen LogP contribution in [-0.4, -0.2) is 22.9 Å². The summed E-state index contributed by atoms with van der Waals surface area (Å²) in [5.74, 6) is 0.458. The van der Waals surface area contributed by atoms with Crippen molar-refractivity contribution in [2.75, 3.05) is 7.05 Å². The van der Waals surface area contributed by atoms with Gasteiger partial charge in [-0.25, -0.2) is 4.79 Å². The van der Waals surface area contributed by atoms with Crippen LogP contribution in [0.3, 0.4) is 0 Å². The number of benzene rings is 1. The average Bonchev–Trinajstić information content (AvgIpc) is 2.44. The minimum atomic E-state index is -0.612. The summed E-state index contributed by atoms with van der Waals surface area (Å²) in [5.41, 5.74) is 0.445. The summed E-state index contributed by atoms with van der Waals surface area (Å²) in [4.78, 5) is 39.1. The molecular formula is C13H11N3O4. The molecule has 0 atom stereocenters. The number of hydrogen-bond acceptors (Lipinski definition) is 4. The molecule has 0 radical (unpaired) electrons. The maximum absolute atomic E-state index is 11.7. The highest BCUT2D eigenvalue weighted by Gasteiger charge is 2.22. The number of ether oxygens (including phenoxy) is 1. The number of nitrogens with one attached hydrogen (secondary N) is 3. The molecule has 7 nitrogen and oxygen atoms in total. The molecule has 7 heteroatoms. The Labute approximate surface area is 112 Å². The highest BCUT2D eigenvalue weighted by Crippen LogP contribution is 2.33. The van der Waals surface area contributed by atoms with E-state index in [1.165, 1.54) is 0 Å². The fourth-order valence-corrected chi connectivity index (χ4v) is 2.14. The molecule has 0 bridgehead atoms. The lowest BCUT2D eigenvalue weighted by Crippen LogP contribution is -2.28. The molecule has 0 fully saturated rings. The van der Waals surface area contributed by atoms with E-state index in [-0.39, 0.29) is 11.8 Å². The Morgan fingerprint density at radius 3 is 2.85 bits per heavy atom. The summed E-state index contributed by atoms with van der Waals surface area (Å²) >= 11 is 0. The van der Waals surface area contributed by atoms with E-state index in [4.69, 9.17) is 4.74 Å². The van der Waals surface area contributed by atoms with Crippen LogP contribution < -0.4 is 21.3 Å². The van der Waals surface area contributed by atoms with Crippen molar-refractivity contribution in [1.82, 2.24) is 15.3 Å². The second-order valence-electron chi connectivity index (χ2n) is 4.40. The summed E-state index contributed by atoms with van der Waals surface area (Å²) in [7, 11) is 1.54. The number of aromatic amines is 2. The molecule has 0 aliphatic carbocycles. The van der Waals surface area contributed by atoms with Gasteiger partial charge in [-0.15, -0.1) is 0 Å². The van der Waals surface area contributed by atoms with Crippen LogP contribution in [0.5, 0.6) is 11.6 Å². The van der Waals surface area contributed by atoms with Crippen molar-refractivity contribution in [3.8, 4) is 11.6 Å². The van der Waals surface area contributed by atoms with Crippen molar-refractivity contribution in [1.29, 1.82) is 0 Å². The van der Waals surface area contributed by atoms with Crippen LogP contribution in [0, 0.1) is 0 Å². The molecule has 0 unspecified atom stereocenters. The highest BCUT2D eigenvalue weighted by atomic mass is 16.5. The van der Waals surface area contributed by atoms with Crippen LogP contribution in [0.15, 0.2) is 27.8 Å². The van der Waals surface area contributed by atoms with Crippen LogP contribution in [0.25, 0.3) is 0 Å². The first-order valence-corrected chi connectivity index (χ1v) is 5.97. The number of hydrogen-bond donors (Lipinski definition) is 3. The number of H-pyrrole nitrogens is 2. The third-order valence-corrected chi connectivity index (χ3v) is 3.13. The van der Waals surface area contributed by atoms with E-state index in [0.717, 1.165) is 5.56 Å². The monoisotopic (exact) mass is 273 g/mol. The van der Waals surface area contributed by atoms with Crippen molar-refractivity contribution in [2.24, 2.45) is 0 Å². The summed E-state index contributed by atoms with van der Waals surface area (Å²) in [6.45, 7) is 0. The third kappa shape index (κ3) is 1.89. The number of aromatic nitrogens is 2. The van der Waals surface area contributed by atoms with Gasteiger partial charge in [-0.2, -0.15) is 0 Å². The Morgan fingerprint density at radius 1 is 1.30 bits per heavy atom. The lowest BCUT2D eigenvalue weighted by molar-refractivity contribution is 0.0963. The van der Waals surface area contributed by atoms with E-state index in [2.05, 4.69) is 15.3 Å². The maximum atomic E-state index is 11.7. The summed E-state index contributed by atoms with van der Waals surface area (Å²) < 4.78 is 5.50. The highest BCUT2D eigenvalue weighted by molar-refractivity contribution is 5.94. The molecule has 1 aromatic heterocycles. The van der Waals surface area contributed by atoms with E-state index >= 15 is 0 Å². The van der Waals surface area contributed by atoms with Gasteiger partial charge in [0.2, 0.25) is 5.88 Å². The Morgan fingerprint density at radius 2 is 2.10 bits per heavy atom. The van der Waals surface area contributed by atoms with Gasteiger partial charge in [0.05, 0.1) is 5.56 Å². The average molecular weight is 273 g/mol. The van der Waals surface area contributed by atoms with E-state index in [9.17, 15) is 14.4 Å². The number of rotatable bonds is 1. The predicted molar refractivity (Wildman–Crippen MR) is 70.4 cm³/mol. The van der Waals surface area contributed by atoms with E-state index in [1.54, 1.807) is 25.2 Å². The number of carbonyl (C=O) groups excluding carboxylic acids is 1. The topological polar surface area (TPSA) is 104 Å². The molecule has 1 aromatic carbocycles. The number of fused-ring (bicyclic) bond motifs is 2. The molecule has 102 valence electrons.